The van der Waals surface area contributed by atoms with Gasteiger partial charge in [0.15, 0.2) is 5.69 Å². The molecule has 1 aliphatic heterocycles. The van der Waals surface area contributed by atoms with Gasteiger partial charge in [-0.1, -0.05) is 5.21 Å². The molecule has 0 aliphatic carbocycles. The Kier molecular flexibility index (Phi) is 4.54. The lowest BCUT2D eigenvalue weighted by Gasteiger charge is -2.40. The molecule has 0 amide bonds. The zero-order valence-corrected chi connectivity index (χ0v) is 14.4. The molecule has 24 heavy (non-hydrogen) atoms. The molecule has 0 bridgehead atoms. The maximum absolute atomic E-state index is 8.80. The average Bonchev–Trinajstić information content (AvgIpc) is 3.04. The number of nitrogens with zero attached hydrogens (tertiary/aromatic N) is 5. The van der Waals surface area contributed by atoms with Crippen molar-refractivity contribution < 1.29 is 4.74 Å². The molecule has 0 radical (unpaired) electrons. The van der Waals surface area contributed by atoms with Gasteiger partial charge in [-0.15, -0.1) is 5.10 Å². The number of aromatic nitrogens is 3. The first-order valence-electron chi connectivity index (χ1n) is 8.30. The summed E-state index contributed by atoms with van der Waals surface area (Å²) < 4.78 is 7.70. The molecule has 126 valence electrons. The Morgan fingerprint density at radius 2 is 1.83 bits per heavy atom. The predicted octanol–water partition coefficient (Wildman–Crippen LogP) is 2.78. The largest absolute Gasteiger partial charge is 0.490 e. The second kappa shape index (κ2) is 6.62. The molecule has 2 aromatic rings. The van der Waals surface area contributed by atoms with Gasteiger partial charge < -0.3 is 4.74 Å². The molecule has 6 nitrogen and oxygen atoms in total. The summed E-state index contributed by atoms with van der Waals surface area (Å²) in [5.74, 6) is 0.869. The second-order valence-corrected chi connectivity index (χ2v) is 7.13. The number of piperidine rings is 1. The van der Waals surface area contributed by atoms with Gasteiger partial charge in [0.1, 0.15) is 17.9 Å². The molecule has 3 rings (SSSR count). The summed E-state index contributed by atoms with van der Waals surface area (Å²) >= 11 is 0. The van der Waals surface area contributed by atoms with Crippen LogP contribution in [0.25, 0.3) is 5.69 Å². The van der Waals surface area contributed by atoms with Crippen molar-refractivity contribution >= 4 is 0 Å². The van der Waals surface area contributed by atoms with Crippen LogP contribution < -0.4 is 4.74 Å². The van der Waals surface area contributed by atoms with Crippen LogP contribution in [0.15, 0.2) is 30.5 Å². The minimum absolute atomic E-state index is 0.229. The highest BCUT2D eigenvalue weighted by Gasteiger charge is 2.27. The first-order valence-corrected chi connectivity index (χ1v) is 8.30. The predicted molar refractivity (Wildman–Crippen MR) is 91.1 cm³/mol. The first kappa shape index (κ1) is 16.5. The van der Waals surface area contributed by atoms with Crippen LogP contribution in [0, 0.1) is 11.3 Å². The number of likely N-dealkylation sites (tertiary alicyclic amines) is 1. The molecule has 0 saturated carbocycles. The van der Waals surface area contributed by atoms with Gasteiger partial charge in [-0.3, -0.25) is 4.90 Å². The minimum Gasteiger partial charge on any atom is -0.490 e. The van der Waals surface area contributed by atoms with Crippen LogP contribution in [0.3, 0.4) is 0 Å². The molecule has 0 N–H and O–H groups in total. The van der Waals surface area contributed by atoms with E-state index in [0.29, 0.717) is 5.69 Å². The van der Waals surface area contributed by atoms with E-state index in [4.69, 9.17) is 10.00 Å². The van der Waals surface area contributed by atoms with E-state index in [1.807, 2.05) is 30.3 Å². The summed E-state index contributed by atoms with van der Waals surface area (Å²) in [4.78, 5) is 2.51. The first-order chi connectivity index (χ1) is 11.5. The van der Waals surface area contributed by atoms with Gasteiger partial charge in [-0.25, -0.2) is 4.68 Å². The lowest BCUT2D eigenvalue weighted by atomic mass is 9.99. The fraction of sp³-hybridized carbons (Fsp3) is 0.500. The van der Waals surface area contributed by atoms with Crippen LogP contribution in [0.4, 0.5) is 0 Å². The van der Waals surface area contributed by atoms with Gasteiger partial charge in [-0.2, -0.15) is 5.26 Å². The quantitative estimate of drug-likeness (QED) is 0.868. The zero-order chi connectivity index (χ0) is 17.2. The Hall–Kier alpha value is -2.39. The van der Waals surface area contributed by atoms with Crippen LogP contribution in [0.1, 0.15) is 39.3 Å². The van der Waals surface area contributed by atoms with Crippen molar-refractivity contribution in [1.82, 2.24) is 19.9 Å². The van der Waals surface area contributed by atoms with E-state index < -0.39 is 0 Å². The molecule has 0 atom stereocenters. The molecule has 0 spiro atoms. The summed E-state index contributed by atoms with van der Waals surface area (Å²) in [7, 11) is 0. The topological polar surface area (TPSA) is 67.0 Å². The van der Waals surface area contributed by atoms with Gasteiger partial charge in [0, 0.05) is 18.6 Å². The third kappa shape index (κ3) is 3.74. The molecule has 1 aromatic heterocycles. The number of benzene rings is 1. The van der Waals surface area contributed by atoms with Crippen LogP contribution in [0.5, 0.6) is 5.75 Å². The van der Waals surface area contributed by atoms with E-state index in [-0.39, 0.29) is 11.6 Å². The third-order valence-corrected chi connectivity index (χ3v) is 4.40. The Bertz CT molecular complexity index is 715. The summed E-state index contributed by atoms with van der Waals surface area (Å²) in [6.07, 6.45) is 3.98. The highest BCUT2D eigenvalue weighted by molar-refractivity contribution is 5.37. The van der Waals surface area contributed by atoms with Crippen molar-refractivity contribution in [3.63, 3.8) is 0 Å². The van der Waals surface area contributed by atoms with Crippen molar-refractivity contribution in [3.05, 3.63) is 36.2 Å². The summed E-state index contributed by atoms with van der Waals surface area (Å²) in [5, 5.41) is 16.5. The molecule has 1 aliphatic rings. The van der Waals surface area contributed by atoms with E-state index >= 15 is 0 Å². The van der Waals surface area contributed by atoms with Crippen molar-refractivity contribution in [2.75, 3.05) is 13.1 Å². The fourth-order valence-corrected chi connectivity index (χ4v) is 2.96. The monoisotopic (exact) mass is 325 g/mol. The van der Waals surface area contributed by atoms with Crippen molar-refractivity contribution in [1.29, 1.82) is 5.26 Å². The van der Waals surface area contributed by atoms with E-state index in [0.717, 1.165) is 37.4 Å². The molecule has 6 heteroatoms. The van der Waals surface area contributed by atoms with Crippen LogP contribution in [0.2, 0.25) is 0 Å². The molecule has 1 fully saturated rings. The molecule has 1 saturated heterocycles. The highest BCUT2D eigenvalue weighted by Crippen LogP contribution is 2.24. The maximum atomic E-state index is 8.80. The van der Waals surface area contributed by atoms with Crippen LogP contribution in [-0.2, 0) is 0 Å². The van der Waals surface area contributed by atoms with Crippen molar-refractivity contribution in [3.8, 4) is 17.5 Å². The summed E-state index contributed by atoms with van der Waals surface area (Å²) in [6.45, 7) is 8.92. The number of hydrogen-bond donors (Lipinski definition) is 0. The number of hydrogen-bond acceptors (Lipinski definition) is 5. The molecule has 0 unspecified atom stereocenters. The highest BCUT2D eigenvalue weighted by atomic mass is 16.5. The van der Waals surface area contributed by atoms with E-state index in [1.54, 1.807) is 10.9 Å². The number of rotatable bonds is 3. The van der Waals surface area contributed by atoms with Crippen molar-refractivity contribution in [2.24, 2.45) is 0 Å². The van der Waals surface area contributed by atoms with Gasteiger partial charge in [-0.05, 0) is 57.9 Å². The number of nitriles is 1. The Morgan fingerprint density at radius 3 is 2.38 bits per heavy atom. The minimum atomic E-state index is 0.229. The van der Waals surface area contributed by atoms with Gasteiger partial charge in [0.2, 0.25) is 0 Å². The molecule has 2 heterocycles. The second-order valence-electron chi connectivity index (χ2n) is 7.13. The standard InChI is InChI=1S/C18H23N5O/c1-18(2,3)22-10-8-17(9-11-22)24-16-6-4-15(5-7-16)23-13-14(12-19)20-21-23/h4-7,13,17H,8-11H2,1-3H3. The Balaban J connectivity index is 1.58. The van der Waals surface area contributed by atoms with E-state index in [2.05, 4.69) is 36.0 Å². The molecule has 1 aromatic carbocycles. The maximum Gasteiger partial charge on any atom is 0.183 e. The number of ether oxygens (including phenoxy) is 1. The third-order valence-electron chi connectivity index (χ3n) is 4.40. The summed E-state index contributed by atoms with van der Waals surface area (Å²) in [6, 6.07) is 9.71. The van der Waals surface area contributed by atoms with Crippen molar-refractivity contribution in [2.45, 2.75) is 45.3 Å². The Labute approximate surface area is 142 Å². The van der Waals surface area contributed by atoms with Gasteiger partial charge in [0.25, 0.3) is 0 Å². The van der Waals surface area contributed by atoms with Crippen LogP contribution >= 0.6 is 0 Å². The average molecular weight is 325 g/mol. The molecular weight excluding hydrogens is 302 g/mol. The SMILES string of the molecule is CC(C)(C)N1CCC(Oc2ccc(-n3cc(C#N)nn3)cc2)CC1. The Morgan fingerprint density at radius 1 is 1.17 bits per heavy atom. The smallest absolute Gasteiger partial charge is 0.183 e. The summed E-state index contributed by atoms with van der Waals surface area (Å²) in [5.41, 5.74) is 1.40. The van der Waals surface area contributed by atoms with E-state index in [9.17, 15) is 0 Å². The van der Waals surface area contributed by atoms with E-state index in [1.165, 1.54) is 0 Å². The lowest BCUT2D eigenvalue weighted by molar-refractivity contribution is 0.0491. The van der Waals surface area contributed by atoms with Gasteiger partial charge >= 0.3 is 0 Å². The molecular formula is C18H23N5O. The lowest BCUT2D eigenvalue weighted by Crippen LogP contribution is -2.48. The normalized spacial score (nSPS) is 16.8. The van der Waals surface area contributed by atoms with Crippen LogP contribution in [-0.4, -0.2) is 44.6 Å². The van der Waals surface area contributed by atoms with Gasteiger partial charge in [0.05, 0.1) is 11.9 Å². The fourth-order valence-electron chi connectivity index (χ4n) is 2.96. The zero-order valence-electron chi connectivity index (χ0n) is 14.4.